The molecule has 126 valence electrons. The molecule has 0 amide bonds. The molecule has 3 N–H and O–H groups in total. The minimum Gasteiger partial charge on any atom is -0.480 e. The first-order chi connectivity index (χ1) is 10.9. The largest absolute Gasteiger partial charge is 0.480 e. The Bertz CT molecular complexity index is 608. The first-order valence-corrected chi connectivity index (χ1v) is 7.53. The van der Waals surface area contributed by atoms with Crippen molar-refractivity contribution < 1.29 is 9.90 Å². The van der Waals surface area contributed by atoms with E-state index in [9.17, 15) is 4.79 Å². The molecule has 2 atom stereocenters. The SMILES string of the molecule is CC(CC(N)C(=O)O)N(Cc1nccn1C)Cc1nccn1C. The first-order valence-electron chi connectivity index (χ1n) is 7.53. The van der Waals surface area contributed by atoms with Crippen LogP contribution in [0.25, 0.3) is 0 Å². The number of aryl methyl sites for hydroxylation is 2. The van der Waals surface area contributed by atoms with Gasteiger partial charge in [-0.05, 0) is 13.3 Å². The summed E-state index contributed by atoms with van der Waals surface area (Å²) in [5.41, 5.74) is 5.69. The number of rotatable bonds is 8. The average Bonchev–Trinajstić information content (AvgIpc) is 3.07. The van der Waals surface area contributed by atoms with Gasteiger partial charge in [-0.1, -0.05) is 0 Å². The Morgan fingerprint density at radius 1 is 1.22 bits per heavy atom. The molecule has 2 heterocycles. The maximum absolute atomic E-state index is 11.0. The number of hydrogen-bond acceptors (Lipinski definition) is 5. The van der Waals surface area contributed by atoms with Crippen molar-refractivity contribution in [3.05, 3.63) is 36.4 Å². The Balaban J connectivity index is 2.14. The lowest BCUT2D eigenvalue weighted by Gasteiger charge is -2.29. The van der Waals surface area contributed by atoms with Gasteiger partial charge in [0.05, 0.1) is 13.1 Å². The van der Waals surface area contributed by atoms with Crippen molar-refractivity contribution in [2.24, 2.45) is 19.8 Å². The zero-order valence-corrected chi connectivity index (χ0v) is 13.8. The number of aliphatic carboxylic acids is 1. The van der Waals surface area contributed by atoms with Gasteiger partial charge in [0.15, 0.2) is 0 Å². The third kappa shape index (κ3) is 4.40. The normalized spacial score (nSPS) is 14.1. The van der Waals surface area contributed by atoms with E-state index in [0.29, 0.717) is 19.5 Å². The maximum atomic E-state index is 11.0. The Hall–Kier alpha value is -2.19. The van der Waals surface area contributed by atoms with Gasteiger partial charge >= 0.3 is 5.97 Å². The summed E-state index contributed by atoms with van der Waals surface area (Å²) in [4.78, 5) is 21.9. The lowest BCUT2D eigenvalue weighted by atomic mass is 10.1. The Labute approximate surface area is 135 Å². The molecule has 2 rings (SSSR count). The van der Waals surface area contributed by atoms with Crippen molar-refractivity contribution in [1.82, 2.24) is 24.0 Å². The van der Waals surface area contributed by atoms with Crippen LogP contribution >= 0.6 is 0 Å². The van der Waals surface area contributed by atoms with Gasteiger partial charge in [-0.25, -0.2) is 9.97 Å². The van der Waals surface area contributed by atoms with Crippen molar-refractivity contribution >= 4 is 5.97 Å². The second-order valence-corrected chi connectivity index (χ2v) is 5.84. The van der Waals surface area contributed by atoms with Crippen LogP contribution in [0.1, 0.15) is 25.0 Å². The Kier molecular flexibility index (Phi) is 5.51. The van der Waals surface area contributed by atoms with E-state index >= 15 is 0 Å². The summed E-state index contributed by atoms with van der Waals surface area (Å²) in [6.07, 6.45) is 7.65. The number of nitrogens with zero attached hydrogens (tertiary/aromatic N) is 5. The molecule has 0 radical (unpaired) electrons. The van der Waals surface area contributed by atoms with Crippen LogP contribution in [-0.4, -0.2) is 47.2 Å². The highest BCUT2D eigenvalue weighted by atomic mass is 16.4. The summed E-state index contributed by atoms with van der Waals surface area (Å²) >= 11 is 0. The fraction of sp³-hybridized carbons (Fsp3) is 0.533. The van der Waals surface area contributed by atoms with Crippen molar-refractivity contribution in [1.29, 1.82) is 0 Å². The number of carboxylic acids is 1. The molecule has 0 aromatic carbocycles. The third-order valence-corrected chi connectivity index (χ3v) is 4.07. The van der Waals surface area contributed by atoms with E-state index in [4.69, 9.17) is 10.8 Å². The van der Waals surface area contributed by atoms with Gasteiger partial charge in [-0.15, -0.1) is 0 Å². The Morgan fingerprint density at radius 3 is 2.04 bits per heavy atom. The van der Waals surface area contributed by atoms with Gasteiger partial charge in [0.25, 0.3) is 0 Å². The monoisotopic (exact) mass is 320 g/mol. The second kappa shape index (κ2) is 7.38. The number of carbonyl (C=O) groups is 1. The summed E-state index contributed by atoms with van der Waals surface area (Å²) in [6.45, 7) is 3.18. The van der Waals surface area contributed by atoms with Crippen LogP contribution < -0.4 is 5.73 Å². The minimum absolute atomic E-state index is 0.0190. The van der Waals surface area contributed by atoms with Crippen molar-refractivity contribution in [3.63, 3.8) is 0 Å². The molecule has 0 fully saturated rings. The molecule has 0 aliphatic rings. The van der Waals surface area contributed by atoms with Gasteiger partial charge in [-0.2, -0.15) is 0 Å². The number of imidazole rings is 2. The van der Waals surface area contributed by atoms with Gasteiger partial charge in [-0.3, -0.25) is 9.69 Å². The predicted molar refractivity (Wildman–Crippen MR) is 85.4 cm³/mol. The summed E-state index contributed by atoms with van der Waals surface area (Å²) in [5.74, 6) is 0.843. The highest BCUT2D eigenvalue weighted by Gasteiger charge is 2.23. The standard InChI is InChI=1S/C15H24N6O2/c1-11(8-12(16)15(22)23)21(9-13-17-4-6-19(13)2)10-14-18-5-7-20(14)3/h4-7,11-12H,8-10,16H2,1-3H3,(H,22,23). The van der Waals surface area contributed by atoms with Crippen LogP contribution in [0.15, 0.2) is 24.8 Å². The molecular weight excluding hydrogens is 296 g/mol. The van der Waals surface area contributed by atoms with Crippen LogP contribution in [0, 0.1) is 0 Å². The Morgan fingerprint density at radius 2 is 1.70 bits per heavy atom. The molecule has 0 bridgehead atoms. The summed E-state index contributed by atoms with van der Waals surface area (Å²) in [6, 6.07) is -0.898. The van der Waals surface area contributed by atoms with E-state index in [-0.39, 0.29) is 6.04 Å². The van der Waals surface area contributed by atoms with Crippen LogP contribution in [-0.2, 0) is 32.0 Å². The molecule has 2 aromatic heterocycles. The first kappa shape index (κ1) is 17.2. The van der Waals surface area contributed by atoms with Crippen molar-refractivity contribution in [2.75, 3.05) is 0 Å². The van der Waals surface area contributed by atoms with E-state index in [1.54, 1.807) is 12.4 Å². The minimum atomic E-state index is -0.981. The van der Waals surface area contributed by atoms with E-state index in [1.807, 2.05) is 42.5 Å². The second-order valence-electron chi connectivity index (χ2n) is 5.84. The van der Waals surface area contributed by atoms with E-state index in [2.05, 4.69) is 14.9 Å². The van der Waals surface area contributed by atoms with Gasteiger partial charge in [0.2, 0.25) is 0 Å². The van der Waals surface area contributed by atoms with Crippen molar-refractivity contribution in [2.45, 2.75) is 38.5 Å². The highest BCUT2D eigenvalue weighted by molar-refractivity contribution is 5.73. The van der Waals surface area contributed by atoms with Crippen LogP contribution in [0.4, 0.5) is 0 Å². The van der Waals surface area contributed by atoms with Gasteiger partial charge < -0.3 is 20.0 Å². The molecule has 23 heavy (non-hydrogen) atoms. The van der Waals surface area contributed by atoms with Crippen LogP contribution in [0.3, 0.4) is 0 Å². The maximum Gasteiger partial charge on any atom is 0.320 e. The molecule has 2 aromatic rings. The van der Waals surface area contributed by atoms with Crippen LogP contribution in [0.2, 0.25) is 0 Å². The zero-order chi connectivity index (χ0) is 17.0. The quantitative estimate of drug-likeness (QED) is 0.727. The molecule has 0 saturated heterocycles. The van der Waals surface area contributed by atoms with Gasteiger partial charge in [0, 0.05) is 44.9 Å². The molecule has 0 spiro atoms. The average molecular weight is 320 g/mol. The third-order valence-electron chi connectivity index (χ3n) is 4.07. The predicted octanol–water partition coefficient (Wildman–Crippen LogP) is 0.346. The molecule has 2 unspecified atom stereocenters. The molecule has 8 nitrogen and oxygen atoms in total. The lowest BCUT2D eigenvalue weighted by Crippen LogP contribution is -2.41. The molecule has 0 aliphatic heterocycles. The number of nitrogens with two attached hydrogens (primary N) is 1. The molecule has 0 saturated carbocycles. The van der Waals surface area contributed by atoms with E-state index in [0.717, 1.165) is 11.6 Å². The topological polar surface area (TPSA) is 102 Å². The van der Waals surface area contributed by atoms with Crippen molar-refractivity contribution in [3.8, 4) is 0 Å². The fourth-order valence-corrected chi connectivity index (χ4v) is 2.45. The summed E-state index contributed by atoms with van der Waals surface area (Å²) in [5, 5.41) is 9.04. The van der Waals surface area contributed by atoms with E-state index in [1.165, 1.54) is 0 Å². The molecular formula is C15H24N6O2. The lowest BCUT2D eigenvalue weighted by molar-refractivity contribution is -0.139. The molecule has 0 aliphatic carbocycles. The number of carboxylic acid groups (broad SMARTS) is 1. The van der Waals surface area contributed by atoms with Crippen LogP contribution in [0.5, 0.6) is 0 Å². The van der Waals surface area contributed by atoms with E-state index < -0.39 is 12.0 Å². The zero-order valence-electron chi connectivity index (χ0n) is 13.8. The molecule has 8 heteroatoms. The number of aromatic nitrogens is 4. The highest BCUT2D eigenvalue weighted by Crippen LogP contribution is 2.14. The smallest absolute Gasteiger partial charge is 0.320 e. The number of hydrogen-bond donors (Lipinski definition) is 2. The fourth-order valence-electron chi connectivity index (χ4n) is 2.45. The summed E-state index contributed by atoms with van der Waals surface area (Å²) < 4.78 is 3.91. The van der Waals surface area contributed by atoms with Gasteiger partial charge in [0.1, 0.15) is 17.7 Å². The summed E-state index contributed by atoms with van der Waals surface area (Å²) in [7, 11) is 3.88.